The van der Waals surface area contributed by atoms with Gasteiger partial charge in [-0.1, -0.05) is 45.9 Å². The Kier molecular flexibility index (Phi) is 6.56. The Morgan fingerprint density at radius 2 is 1.86 bits per heavy atom. The Hall–Kier alpha value is -0.560. The first-order valence-corrected chi connectivity index (χ1v) is 5.54. The Labute approximate surface area is 89.3 Å². The summed E-state index contributed by atoms with van der Waals surface area (Å²) in [5.74, 6) is 0.552. The fourth-order valence-corrected chi connectivity index (χ4v) is 1.47. The van der Waals surface area contributed by atoms with Crippen LogP contribution >= 0.6 is 0 Å². The van der Waals surface area contributed by atoms with E-state index in [4.69, 9.17) is 0 Å². The molecule has 0 spiro atoms. The average Bonchev–Trinajstić information content (AvgIpc) is 2.10. The van der Waals surface area contributed by atoms with E-state index in [-0.39, 0.29) is 0 Å². The molecule has 14 heavy (non-hydrogen) atoms. The summed E-state index contributed by atoms with van der Waals surface area (Å²) in [4.78, 5) is 0. The fraction of sp³-hybridized carbons (Fsp3) is 0.692. The van der Waals surface area contributed by atoms with Crippen molar-refractivity contribution < 1.29 is 0 Å². The van der Waals surface area contributed by atoms with E-state index in [1.165, 1.54) is 5.57 Å². The van der Waals surface area contributed by atoms with E-state index >= 15 is 0 Å². The topological polar surface area (TPSA) is 12.0 Å². The Morgan fingerprint density at radius 1 is 1.29 bits per heavy atom. The van der Waals surface area contributed by atoms with Gasteiger partial charge < -0.3 is 5.32 Å². The van der Waals surface area contributed by atoms with E-state index in [9.17, 15) is 0 Å². The second-order valence-corrected chi connectivity index (χ2v) is 4.47. The molecule has 0 bridgehead atoms. The van der Waals surface area contributed by atoms with E-state index in [1.54, 1.807) is 0 Å². The van der Waals surface area contributed by atoms with Crippen molar-refractivity contribution in [1.29, 1.82) is 0 Å². The Bertz CT molecular complexity index is 180. The lowest BCUT2D eigenvalue weighted by Gasteiger charge is -2.25. The van der Waals surface area contributed by atoms with Crippen molar-refractivity contribution in [2.75, 3.05) is 0 Å². The van der Waals surface area contributed by atoms with Crippen LogP contribution in [0.3, 0.4) is 0 Å². The summed E-state index contributed by atoms with van der Waals surface area (Å²) in [6.45, 7) is 16.7. The van der Waals surface area contributed by atoms with Gasteiger partial charge >= 0.3 is 0 Å². The summed E-state index contributed by atoms with van der Waals surface area (Å²) in [6.07, 6.45) is 4.14. The molecule has 1 nitrogen and oxygen atoms in total. The normalized spacial score (nSPS) is 13.3. The van der Waals surface area contributed by atoms with Gasteiger partial charge in [0.05, 0.1) is 0 Å². The first-order chi connectivity index (χ1) is 6.49. The van der Waals surface area contributed by atoms with Crippen LogP contribution in [0.2, 0.25) is 0 Å². The quantitative estimate of drug-likeness (QED) is 0.613. The summed E-state index contributed by atoms with van der Waals surface area (Å²) in [5, 5.41) is 3.55. The molecule has 0 saturated carbocycles. The molecule has 0 amide bonds. The van der Waals surface area contributed by atoms with E-state index in [1.807, 2.05) is 6.08 Å². The van der Waals surface area contributed by atoms with Crippen molar-refractivity contribution in [2.45, 2.75) is 52.6 Å². The first kappa shape index (κ1) is 13.4. The zero-order chi connectivity index (χ0) is 11.1. The SMILES string of the molecule is C=CCCC(NC(C)C)C(=C)C(C)C. The molecule has 0 aliphatic rings. The van der Waals surface area contributed by atoms with Crippen molar-refractivity contribution in [3.8, 4) is 0 Å². The second-order valence-electron chi connectivity index (χ2n) is 4.47. The summed E-state index contributed by atoms with van der Waals surface area (Å²) in [7, 11) is 0. The van der Waals surface area contributed by atoms with Crippen LogP contribution in [-0.4, -0.2) is 12.1 Å². The number of rotatable bonds is 7. The van der Waals surface area contributed by atoms with E-state index in [2.05, 4.69) is 46.2 Å². The van der Waals surface area contributed by atoms with Gasteiger partial charge in [-0.2, -0.15) is 0 Å². The van der Waals surface area contributed by atoms with E-state index in [0.29, 0.717) is 18.0 Å². The molecular weight excluding hydrogens is 170 g/mol. The molecular formula is C13H25N. The molecule has 0 aliphatic heterocycles. The van der Waals surface area contributed by atoms with Gasteiger partial charge in [0.1, 0.15) is 0 Å². The second kappa shape index (κ2) is 6.83. The van der Waals surface area contributed by atoms with Crippen LogP contribution in [0.25, 0.3) is 0 Å². The molecule has 0 aromatic rings. The van der Waals surface area contributed by atoms with Crippen LogP contribution in [-0.2, 0) is 0 Å². The number of hydrogen-bond acceptors (Lipinski definition) is 1. The zero-order valence-corrected chi connectivity index (χ0v) is 10.1. The molecule has 0 aliphatic carbocycles. The summed E-state index contributed by atoms with van der Waals surface area (Å²) in [5.41, 5.74) is 1.31. The van der Waals surface area contributed by atoms with Gasteiger partial charge in [-0.15, -0.1) is 6.58 Å². The largest absolute Gasteiger partial charge is 0.308 e. The molecule has 0 heterocycles. The molecule has 1 heteroatoms. The third kappa shape index (κ3) is 5.23. The van der Waals surface area contributed by atoms with Crippen LogP contribution < -0.4 is 5.32 Å². The number of nitrogens with one attached hydrogen (secondary N) is 1. The van der Waals surface area contributed by atoms with Gasteiger partial charge in [-0.25, -0.2) is 0 Å². The Balaban J connectivity index is 4.22. The highest BCUT2D eigenvalue weighted by molar-refractivity contribution is 5.08. The van der Waals surface area contributed by atoms with Gasteiger partial charge in [-0.05, 0) is 18.8 Å². The lowest BCUT2D eigenvalue weighted by atomic mass is 9.93. The summed E-state index contributed by atoms with van der Waals surface area (Å²) in [6, 6.07) is 0.952. The third-order valence-corrected chi connectivity index (χ3v) is 2.38. The van der Waals surface area contributed by atoms with Gasteiger partial charge in [-0.3, -0.25) is 0 Å². The van der Waals surface area contributed by atoms with Crippen LogP contribution in [0.5, 0.6) is 0 Å². The van der Waals surface area contributed by atoms with Crippen molar-refractivity contribution in [3.05, 3.63) is 24.8 Å². The van der Waals surface area contributed by atoms with Crippen molar-refractivity contribution in [1.82, 2.24) is 5.32 Å². The summed E-state index contributed by atoms with van der Waals surface area (Å²) >= 11 is 0. The van der Waals surface area contributed by atoms with Crippen molar-refractivity contribution in [2.24, 2.45) is 5.92 Å². The van der Waals surface area contributed by atoms with Crippen LogP contribution in [0.15, 0.2) is 24.8 Å². The van der Waals surface area contributed by atoms with Gasteiger partial charge in [0.2, 0.25) is 0 Å². The molecule has 0 aromatic heterocycles. The minimum Gasteiger partial charge on any atom is -0.308 e. The molecule has 82 valence electrons. The van der Waals surface area contributed by atoms with Crippen LogP contribution in [0.4, 0.5) is 0 Å². The first-order valence-electron chi connectivity index (χ1n) is 5.54. The maximum Gasteiger partial charge on any atom is 0.0284 e. The molecule has 1 unspecified atom stereocenters. The van der Waals surface area contributed by atoms with Crippen LogP contribution in [0, 0.1) is 5.92 Å². The molecule has 0 saturated heterocycles. The standard InChI is InChI=1S/C13H25N/c1-7-8-9-13(14-11(4)5)12(6)10(2)3/h7,10-11,13-14H,1,6,8-9H2,2-5H3. The predicted molar refractivity (Wildman–Crippen MR) is 65.5 cm³/mol. The molecule has 1 atom stereocenters. The van der Waals surface area contributed by atoms with Crippen LogP contribution in [0.1, 0.15) is 40.5 Å². The minimum absolute atomic E-state index is 0.438. The highest BCUT2D eigenvalue weighted by Gasteiger charge is 2.14. The maximum atomic E-state index is 4.16. The number of hydrogen-bond donors (Lipinski definition) is 1. The van der Waals surface area contributed by atoms with Gasteiger partial charge in [0.15, 0.2) is 0 Å². The summed E-state index contributed by atoms with van der Waals surface area (Å²) < 4.78 is 0. The Morgan fingerprint density at radius 3 is 2.21 bits per heavy atom. The van der Waals surface area contributed by atoms with E-state index < -0.39 is 0 Å². The highest BCUT2D eigenvalue weighted by atomic mass is 14.9. The molecule has 1 N–H and O–H groups in total. The monoisotopic (exact) mass is 195 g/mol. The fourth-order valence-electron chi connectivity index (χ4n) is 1.47. The third-order valence-electron chi connectivity index (χ3n) is 2.38. The highest BCUT2D eigenvalue weighted by Crippen LogP contribution is 2.16. The average molecular weight is 195 g/mol. The minimum atomic E-state index is 0.438. The number of allylic oxidation sites excluding steroid dienone is 1. The smallest absolute Gasteiger partial charge is 0.0284 e. The van der Waals surface area contributed by atoms with Gasteiger partial charge in [0, 0.05) is 12.1 Å². The lowest BCUT2D eigenvalue weighted by Crippen LogP contribution is -2.37. The predicted octanol–water partition coefficient (Wildman–Crippen LogP) is 3.53. The molecule has 0 rings (SSSR count). The maximum absolute atomic E-state index is 4.16. The van der Waals surface area contributed by atoms with E-state index in [0.717, 1.165) is 12.8 Å². The molecule has 0 radical (unpaired) electrons. The molecule has 0 fully saturated rings. The van der Waals surface area contributed by atoms with Crippen molar-refractivity contribution in [3.63, 3.8) is 0 Å². The lowest BCUT2D eigenvalue weighted by molar-refractivity contribution is 0.458. The van der Waals surface area contributed by atoms with Gasteiger partial charge in [0.25, 0.3) is 0 Å². The zero-order valence-electron chi connectivity index (χ0n) is 10.1. The van der Waals surface area contributed by atoms with Crippen molar-refractivity contribution >= 4 is 0 Å². The molecule has 0 aromatic carbocycles.